The molecule has 0 saturated carbocycles. The number of anilines is 1. The lowest BCUT2D eigenvalue weighted by Gasteiger charge is -2.12. The molecule has 5 heteroatoms. The van der Waals surface area contributed by atoms with Crippen molar-refractivity contribution in [1.82, 2.24) is 0 Å². The second kappa shape index (κ2) is 5.87. The van der Waals surface area contributed by atoms with Crippen molar-refractivity contribution in [2.45, 2.75) is 32.2 Å². The molecule has 0 aliphatic rings. The zero-order valence-corrected chi connectivity index (χ0v) is 13.3. The van der Waals surface area contributed by atoms with Crippen molar-refractivity contribution in [3.63, 3.8) is 0 Å². The summed E-state index contributed by atoms with van der Waals surface area (Å²) in [7, 11) is -3.68. The van der Waals surface area contributed by atoms with E-state index in [0.717, 1.165) is 16.8 Å². The number of nitrogens with two attached hydrogens (primary N) is 1. The first-order chi connectivity index (χ1) is 9.77. The van der Waals surface area contributed by atoms with E-state index in [2.05, 4.69) is 37.4 Å². The van der Waals surface area contributed by atoms with Crippen molar-refractivity contribution in [1.29, 1.82) is 0 Å². The number of primary sulfonamides is 1. The lowest BCUT2D eigenvalue weighted by Crippen LogP contribution is -2.13. The number of hydrogen-bond donors (Lipinski definition) is 2. The Kier molecular flexibility index (Phi) is 4.34. The van der Waals surface area contributed by atoms with Gasteiger partial charge in [-0.3, -0.25) is 0 Å². The van der Waals surface area contributed by atoms with Crippen LogP contribution in [0.1, 0.15) is 22.3 Å². The van der Waals surface area contributed by atoms with Gasteiger partial charge in [0.05, 0.1) is 4.90 Å². The zero-order valence-electron chi connectivity index (χ0n) is 12.5. The van der Waals surface area contributed by atoms with Crippen molar-refractivity contribution in [3.8, 4) is 0 Å². The van der Waals surface area contributed by atoms with E-state index >= 15 is 0 Å². The Bertz CT molecular complexity index is 768. The Balaban J connectivity index is 2.21. The van der Waals surface area contributed by atoms with Gasteiger partial charge in [-0.15, -0.1) is 0 Å². The molecular weight excluding hydrogens is 284 g/mol. The minimum Gasteiger partial charge on any atom is -0.381 e. The molecule has 21 heavy (non-hydrogen) atoms. The van der Waals surface area contributed by atoms with Crippen LogP contribution in [0.4, 0.5) is 5.69 Å². The van der Waals surface area contributed by atoms with Gasteiger partial charge in [0.1, 0.15) is 0 Å². The second-order valence-corrected chi connectivity index (χ2v) is 6.86. The normalized spacial score (nSPS) is 11.4. The molecule has 4 nitrogen and oxygen atoms in total. The van der Waals surface area contributed by atoms with E-state index in [4.69, 9.17) is 5.14 Å². The number of sulfonamides is 1. The second-order valence-electron chi connectivity index (χ2n) is 5.29. The topological polar surface area (TPSA) is 72.2 Å². The summed E-state index contributed by atoms with van der Waals surface area (Å²) in [6.07, 6.45) is 0. The van der Waals surface area contributed by atoms with Crippen LogP contribution in [0.3, 0.4) is 0 Å². The average molecular weight is 304 g/mol. The molecular formula is C16H20N2O2S. The van der Waals surface area contributed by atoms with Gasteiger partial charge < -0.3 is 5.32 Å². The highest BCUT2D eigenvalue weighted by Gasteiger charge is 2.09. The highest BCUT2D eigenvalue weighted by molar-refractivity contribution is 7.89. The molecule has 2 rings (SSSR count). The lowest BCUT2D eigenvalue weighted by atomic mass is 10.1. The number of aryl methyl sites for hydroxylation is 3. The van der Waals surface area contributed by atoms with Crippen LogP contribution >= 0.6 is 0 Å². The van der Waals surface area contributed by atoms with E-state index in [9.17, 15) is 8.42 Å². The molecule has 0 bridgehead atoms. The third kappa shape index (κ3) is 3.83. The van der Waals surface area contributed by atoms with Crippen LogP contribution in [0.5, 0.6) is 0 Å². The first-order valence-electron chi connectivity index (χ1n) is 6.71. The van der Waals surface area contributed by atoms with Gasteiger partial charge in [-0.2, -0.15) is 0 Å². The smallest absolute Gasteiger partial charge is 0.238 e. The maximum Gasteiger partial charge on any atom is 0.238 e. The molecule has 2 aromatic rings. The van der Waals surface area contributed by atoms with Crippen molar-refractivity contribution in [2.75, 3.05) is 5.32 Å². The van der Waals surface area contributed by atoms with E-state index in [-0.39, 0.29) is 4.90 Å². The summed E-state index contributed by atoms with van der Waals surface area (Å²) in [5.74, 6) is 0. The van der Waals surface area contributed by atoms with Gasteiger partial charge in [-0.1, -0.05) is 24.3 Å². The van der Waals surface area contributed by atoms with Crippen LogP contribution in [-0.2, 0) is 16.6 Å². The van der Waals surface area contributed by atoms with E-state index in [1.165, 1.54) is 17.2 Å². The maximum absolute atomic E-state index is 11.4. The molecule has 0 amide bonds. The molecule has 0 atom stereocenters. The molecule has 0 aliphatic heterocycles. The van der Waals surface area contributed by atoms with Crippen molar-refractivity contribution in [3.05, 3.63) is 58.7 Å². The van der Waals surface area contributed by atoms with Gasteiger partial charge in [0.25, 0.3) is 0 Å². The first-order valence-corrected chi connectivity index (χ1v) is 8.25. The lowest BCUT2D eigenvalue weighted by molar-refractivity contribution is 0.598. The Hall–Kier alpha value is -1.85. The van der Waals surface area contributed by atoms with Gasteiger partial charge in [0.2, 0.25) is 10.0 Å². The van der Waals surface area contributed by atoms with Crippen LogP contribution in [0.2, 0.25) is 0 Å². The molecule has 0 heterocycles. The highest BCUT2D eigenvalue weighted by atomic mass is 32.2. The number of hydrogen-bond acceptors (Lipinski definition) is 3. The third-order valence-electron chi connectivity index (χ3n) is 3.59. The van der Waals surface area contributed by atoms with Crippen molar-refractivity contribution in [2.24, 2.45) is 5.14 Å². The summed E-state index contributed by atoms with van der Waals surface area (Å²) in [5, 5.41) is 8.43. The largest absolute Gasteiger partial charge is 0.381 e. The predicted octanol–water partition coefficient (Wildman–Crippen LogP) is 2.87. The van der Waals surface area contributed by atoms with Gasteiger partial charge in [0.15, 0.2) is 0 Å². The standard InChI is InChI=1S/C16H20N2O2S/c1-11-4-6-14(8-13(11)3)10-18-16-9-15(21(17,19)20)7-5-12(16)2/h4-9,18H,10H2,1-3H3,(H2,17,19,20). The summed E-state index contributed by atoms with van der Waals surface area (Å²) in [4.78, 5) is 0.121. The van der Waals surface area contributed by atoms with Gasteiger partial charge >= 0.3 is 0 Å². The summed E-state index contributed by atoms with van der Waals surface area (Å²) in [5.41, 5.74) is 5.40. The average Bonchev–Trinajstić information content (AvgIpc) is 2.40. The molecule has 0 spiro atoms. The fourth-order valence-corrected chi connectivity index (χ4v) is 2.62. The Morgan fingerprint density at radius 1 is 0.952 bits per heavy atom. The molecule has 0 unspecified atom stereocenters. The van der Waals surface area contributed by atoms with Crippen LogP contribution in [-0.4, -0.2) is 8.42 Å². The fraction of sp³-hybridized carbons (Fsp3) is 0.250. The zero-order chi connectivity index (χ0) is 15.6. The number of nitrogens with one attached hydrogen (secondary N) is 1. The summed E-state index contributed by atoms with van der Waals surface area (Å²) in [6.45, 7) is 6.71. The molecule has 112 valence electrons. The Morgan fingerprint density at radius 2 is 1.62 bits per heavy atom. The van der Waals surface area contributed by atoms with Crippen LogP contribution in [0.25, 0.3) is 0 Å². The molecule has 3 N–H and O–H groups in total. The van der Waals surface area contributed by atoms with E-state index in [1.54, 1.807) is 12.1 Å². The summed E-state index contributed by atoms with van der Waals surface area (Å²) >= 11 is 0. The quantitative estimate of drug-likeness (QED) is 0.912. The van der Waals surface area contributed by atoms with E-state index in [0.29, 0.717) is 6.54 Å². The Labute approximate surface area is 126 Å². The van der Waals surface area contributed by atoms with E-state index in [1.807, 2.05) is 6.92 Å². The summed E-state index contributed by atoms with van der Waals surface area (Å²) in [6, 6.07) is 11.1. The molecule has 0 saturated heterocycles. The maximum atomic E-state index is 11.4. The van der Waals surface area contributed by atoms with Crippen molar-refractivity contribution >= 4 is 15.7 Å². The molecule has 0 aromatic heterocycles. The molecule has 0 fully saturated rings. The molecule has 0 radical (unpaired) electrons. The van der Waals surface area contributed by atoms with Crippen molar-refractivity contribution < 1.29 is 8.42 Å². The van der Waals surface area contributed by atoms with Crippen LogP contribution < -0.4 is 10.5 Å². The monoisotopic (exact) mass is 304 g/mol. The summed E-state index contributed by atoms with van der Waals surface area (Å²) < 4.78 is 22.8. The minimum absolute atomic E-state index is 0.121. The SMILES string of the molecule is Cc1ccc(CNc2cc(S(N)(=O)=O)ccc2C)cc1C. The first kappa shape index (κ1) is 15.5. The van der Waals surface area contributed by atoms with Crippen LogP contribution in [0.15, 0.2) is 41.3 Å². The molecule has 2 aromatic carbocycles. The Morgan fingerprint density at radius 3 is 2.24 bits per heavy atom. The molecule has 0 aliphatic carbocycles. The van der Waals surface area contributed by atoms with Gasteiger partial charge in [-0.05, 0) is 55.2 Å². The van der Waals surface area contributed by atoms with Crippen LogP contribution in [0, 0.1) is 20.8 Å². The van der Waals surface area contributed by atoms with E-state index < -0.39 is 10.0 Å². The predicted molar refractivity (Wildman–Crippen MR) is 85.8 cm³/mol. The minimum atomic E-state index is -3.68. The third-order valence-corrected chi connectivity index (χ3v) is 4.50. The number of rotatable bonds is 4. The fourth-order valence-electron chi connectivity index (χ4n) is 2.08. The number of benzene rings is 2. The highest BCUT2D eigenvalue weighted by Crippen LogP contribution is 2.20. The van der Waals surface area contributed by atoms with Gasteiger partial charge in [0, 0.05) is 12.2 Å². The van der Waals surface area contributed by atoms with Gasteiger partial charge in [-0.25, -0.2) is 13.6 Å².